The molecule has 0 fully saturated rings. The zero-order chi connectivity index (χ0) is 22.4. The van der Waals surface area contributed by atoms with Crippen LogP contribution in [0.4, 0.5) is 4.79 Å². The molecule has 1 rings (SSSR count). The zero-order valence-corrected chi connectivity index (χ0v) is 17.5. The van der Waals surface area contributed by atoms with Gasteiger partial charge in [-0.2, -0.15) is 0 Å². The van der Waals surface area contributed by atoms with E-state index in [1.807, 2.05) is 18.2 Å². The lowest BCUT2D eigenvalue weighted by atomic mass is 10.1. The third-order valence-corrected chi connectivity index (χ3v) is 4.72. The molecule has 0 heterocycles. The lowest BCUT2D eigenvalue weighted by Gasteiger charge is -2.21. The van der Waals surface area contributed by atoms with E-state index in [2.05, 4.69) is 10.6 Å². The zero-order valence-electron chi connectivity index (χ0n) is 17.5. The molecule has 9 nitrogen and oxygen atoms in total. The molecule has 0 bridgehead atoms. The number of rotatable bonds is 14. The first-order valence-corrected chi connectivity index (χ1v) is 10.4. The van der Waals surface area contributed by atoms with Crippen LogP contribution in [0.25, 0.3) is 0 Å². The van der Waals surface area contributed by atoms with Crippen LogP contribution in [0.15, 0.2) is 23.8 Å². The fraction of sp³-hybridized carbons (Fsp3) is 0.619. The molecule has 0 aromatic carbocycles. The molecule has 2 unspecified atom stereocenters. The SMILES string of the molecule is CCC(=O)CCC(NC(=O)C(CCCCN)NC(=O)OCC1=CCCC=C1)C(=O)O. The minimum atomic E-state index is -1.23. The number of aliphatic carboxylic acids is 1. The Bertz CT molecular complexity index is 659. The van der Waals surface area contributed by atoms with Crippen molar-refractivity contribution >= 4 is 23.8 Å². The summed E-state index contributed by atoms with van der Waals surface area (Å²) in [5, 5.41) is 14.3. The Hall–Kier alpha value is -2.68. The molecule has 0 aliphatic heterocycles. The average molecular weight is 424 g/mol. The minimum Gasteiger partial charge on any atom is -0.480 e. The number of Topliss-reactive ketones (excluding diaryl/α,β-unsaturated/α-hetero) is 1. The number of carbonyl (C=O) groups excluding carboxylic acids is 3. The van der Waals surface area contributed by atoms with E-state index in [1.54, 1.807) is 6.92 Å². The van der Waals surface area contributed by atoms with Crippen LogP contribution in [0.2, 0.25) is 0 Å². The van der Waals surface area contributed by atoms with E-state index in [1.165, 1.54) is 0 Å². The number of nitrogens with one attached hydrogen (secondary N) is 2. The molecule has 2 atom stereocenters. The highest BCUT2D eigenvalue weighted by molar-refractivity contribution is 5.89. The summed E-state index contributed by atoms with van der Waals surface area (Å²) < 4.78 is 5.18. The first-order chi connectivity index (χ1) is 14.4. The second-order valence-corrected chi connectivity index (χ2v) is 7.15. The standard InChI is InChI=1S/C21H33N3O6/c1-2-16(25)11-12-18(20(27)28)23-19(26)17(10-6-7-13-22)24-21(29)30-14-15-8-4-3-5-9-15/h4,8-9,17-18H,2-3,5-7,10-14,22H2,1H3,(H,23,26)(H,24,29)(H,27,28). The van der Waals surface area contributed by atoms with Gasteiger partial charge in [0.25, 0.3) is 0 Å². The van der Waals surface area contributed by atoms with Crippen LogP contribution >= 0.6 is 0 Å². The van der Waals surface area contributed by atoms with E-state index in [4.69, 9.17) is 10.5 Å². The number of unbranched alkanes of at least 4 members (excludes halogenated alkanes) is 1. The molecule has 5 N–H and O–H groups in total. The van der Waals surface area contributed by atoms with Crippen LogP contribution in [-0.2, 0) is 19.1 Å². The maximum Gasteiger partial charge on any atom is 0.408 e. The Morgan fingerprint density at radius 1 is 1.13 bits per heavy atom. The molecule has 0 spiro atoms. The number of alkyl carbamates (subject to hydrolysis) is 1. The largest absolute Gasteiger partial charge is 0.480 e. The van der Waals surface area contributed by atoms with Crippen molar-refractivity contribution in [2.24, 2.45) is 5.73 Å². The summed E-state index contributed by atoms with van der Waals surface area (Å²) in [6.07, 6.45) is 8.84. The smallest absolute Gasteiger partial charge is 0.408 e. The third-order valence-electron chi connectivity index (χ3n) is 4.72. The molecule has 0 radical (unpaired) electrons. The topological polar surface area (TPSA) is 148 Å². The molecule has 1 aliphatic carbocycles. The predicted molar refractivity (Wildman–Crippen MR) is 112 cm³/mol. The number of amides is 2. The van der Waals surface area contributed by atoms with E-state index < -0.39 is 30.1 Å². The summed E-state index contributed by atoms with van der Waals surface area (Å²) in [5.41, 5.74) is 6.37. The molecule has 0 saturated carbocycles. The fourth-order valence-corrected chi connectivity index (χ4v) is 2.88. The van der Waals surface area contributed by atoms with Crippen molar-refractivity contribution in [1.29, 1.82) is 0 Å². The number of ketones is 1. The van der Waals surface area contributed by atoms with E-state index in [0.717, 1.165) is 18.4 Å². The van der Waals surface area contributed by atoms with Gasteiger partial charge in [0.1, 0.15) is 24.5 Å². The van der Waals surface area contributed by atoms with Gasteiger partial charge in [-0.25, -0.2) is 9.59 Å². The molecule has 1 aliphatic rings. The van der Waals surface area contributed by atoms with Gasteiger partial charge in [-0.1, -0.05) is 25.2 Å². The fourth-order valence-electron chi connectivity index (χ4n) is 2.88. The summed E-state index contributed by atoms with van der Waals surface area (Å²) in [4.78, 5) is 47.7. The van der Waals surface area contributed by atoms with Crippen molar-refractivity contribution in [3.63, 3.8) is 0 Å². The van der Waals surface area contributed by atoms with Crippen LogP contribution in [0, 0.1) is 0 Å². The maximum atomic E-state index is 12.6. The van der Waals surface area contributed by atoms with Crippen LogP contribution in [-0.4, -0.2) is 54.1 Å². The number of hydrogen-bond donors (Lipinski definition) is 4. The van der Waals surface area contributed by atoms with Crippen molar-refractivity contribution in [2.75, 3.05) is 13.2 Å². The molecule has 0 aromatic heterocycles. The van der Waals surface area contributed by atoms with Crippen LogP contribution in [0.5, 0.6) is 0 Å². The number of allylic oxidation sites excluding steroid dienone is 2. The van der Waals surface area contributed by atoms with Crippen LogP contribution < -0.4 is 16.4 Å². The number of carbonyl (C=O) groups is 4. The molecule has 2 amide bonds. The quantitative estimate of drug-likeness (QED) is 0.311. The van der Waals surface area contributed by atoms with Crippen molar-refractivity contribution < 1.29 is 29.0 Å². The first kappa shape index (κ1) is 25.4. The van der Waals surface area contributed by atoms with Gasteiger partial charge in [0.2, 0.25) is 5.91 Å². The van der Waals surface area contributed by atoms with Crippen molar-refractivity contribution in [2.45, 2.75) is 70.4 Å². The molecule has 0 saturated heterocycles. The van der Waals surface area contributed by atoms with Gasteiger partial charge in [0, 0.05) is 12.8 Å². The number of nitrogens with two attached hydrogens (primary N) is 1. The highest BCUT2D eigenvalue weighted by Crippen LogP contribution is 2.10. The molecular formula is C21H33N3O6. The maximum absolute atomic E-state index is 12.6. The Morgan fingerprint density at radius 2 is 1.90 bits per heavy atom. The Labute approximate surface area is 177 Å². The average Bonchev–Trinajstić information content (AvgIpc) is 2.74. The van der Waals surface area contributed by atoms with E-state index in [0.29, 0.717) is 32.2 Å². The number of hydrogen-bond acceptors (Lipinski definition) is 6. The van der Waals surface area contributed by atoms with Crippen molar-refractivity contribution in [3.8, 4) is 0 Å². The summed E-state index contributed by atoms with van der Waals surface area (Å²) in [5.74, 6) is -1.94. The molecule has 9 heteroatoms. The van der Waals surface area contributed by atoms with Crippen molar-refractivity contribution in [3.05, 3.63) is 23.8 Å². The second kappa shape index (κ2) is 14.3. The summed E-state index contributed by atoms with van der Waals surface area (Å²) in [6.45, 7) is 2.23. The van der Waals surface area contributed by atoms with E-state index in [9.17, 15) is 24.3 Å². The third kappa shape index (κ3) is 10.2. The summed E-state index contributed by atoms with van der Waals surface area (Å²) >= 11 is 0. The normalized spacial score (nSPS) is 14.9. The monoisotopic (exact) mass is 423 g/mol. The van der Waals surface area contributed by atoms with Gasteiger partial charge in [-0.15, -0.1) is 0 Å². The van der Waals surface area contributed by atoms with Crippen LogP contribution in [0.3, 0.4) is 0 Å². The first-order valence-electron chi connectivity index (χ1n) is 10.4. The molecular weight excluding hydrogens is 390 g/mol. The van der Waals surface area contributed by atoms with Gasteiger partial charge in [-0.05, 0) is 50.6 Å². The van der Waals surface area contributed by atoms with Gasteiger partial charge in [-0.3, -0.25) is 9.59 Å². The molecule has 168 valence electrons. The number of carboxylic acids is 1. The Balaban J connectivity index is 2.66. The van der Waals surface area contributed by atoms with Gasteiger partial charge < -0.3 is 26.2 Å². The summed E-state index contributed by atoms with van der Waals surface area (Å²) in [6, 6.07) is -2.16. The Kier molecular flexibility index (Phi) is 12.1. The van der Waals surface area contributed by atoms with Gasteiger partial charge in [0.05, 0.1) is 0 Å². The highest BCUT2D eigenvalue weighted by atomic mass is 16.5. The lowest BCUT2D eigenvalue weighted by Crippen LogP contribution is -2.51. The van der Waals surface area contributed by atoms with Gasteiger partial charge in [0.15, 0.2) is 0 Å². The van der Waals surface area contributed by atoms with E-state index >= 15 is 0 Å². The molecule has 30 heavy (non-hydrogen) atoms. The number of ether oxygens (including phenoxy) is 1. The number of carboxylic acid groups (broad SMARTS) is 1. The van der Waals surface area contributed by atoms with Crippen molar-refractivity contribution in [1.82, 2.24) is 10.6 Å². The minimum absolute atomic E-state index is 0.00575. The predicted octanol–water partition coefficient (Wildman–Crippen LogP) is 1.82. The Morgan fingerprint density at radius 3 is 2.50 bits per heavy atom. The van der Waals surface area contributed by atoms with Gasteiger partial charge >= 0.3 is 12.1 Å². The molecule has 0 aromatic rings. The summed E-state index contributed by atoms with van der Waals surface area (Å²) in [7, 11) is 0. The van der Waals surface area contributed by atoms with E-state index in [-0.39, 0.29) is 25.2 Å². The van der Waals surface area contributed by atoms with Crippen LogP contribution in [0.1, 0.15) is 58.3 Å². The second-order valence-electron chi connectivity index (χ2n) is 7.15. The highest BCUT2D eigenvalue weighted by Gasteiger charge is 2.27. The lowest BCUT2D eigenvalue weighted by molar-refractivity contribution is -0.142.